The van der Waals surface area contributed by atoms with Crippen molar-refractivity contribution >= 4 is 11.7 Å². The Balaban J connectivity index is 2.13. The number of hydrogen-bond donors (Lipinski definition) is 0. The average Bonchev–Trinajstić information content (AvgIpc) is 2.49. The van der Waals surface area contributed by atoms with Crippen molar-refractivity contribution in [3.63, 3.8) is 0 Å². The Morgan fingerprint density at radius 1 is 1.35 bits per heavy atom. The molecule has 0 radical (unpaired) electrons. The molecule has 1 aromatic carbocycles. The monoisotopic (exact) mass is 233 g/mol. The highest BCUT2D eigenvalue weighted by atomic mass is 16.5. The first-order chi connectivity index (χ1) is 8.16. The van der Waals surface area contributed by atoms with E-state index in [0.717, 1.165) is 11.3 Å². The smallest absolute Gasteiger partial charge is 0.230 e. The number of nitrogens with zero attached hydrogens (tertiary/aromatic N) is 1. The molecule has 0 atom stereocenters. The molecule has 90 valence electrons. The summed E-state index contributed by atoms with van der Waals surface area (Å²) in [5.41, 5.74) is 0.988. The van der Waals surface area contributed by atoms with E-state index in [1.165, 1.54) is 6.92 Å². The van der Waals surface area contributed by atoms with Crippen LogP contribution in [0.4, 0.5) is 0 Å². The Morgan fingerprint density at radius 2 is 2.12 bits per heavy atom. The molecular formula is C13H15NO3. The second kappa shape index (κ2) is 4.99. The lowest BCUT2D eigenvalue weighted by Gasteiger charge is -2.19. The van der Waals surface area contributed by atoms with E-state index in [1.807, 2.05) is 24.3 Å². The maximum absolute atomic E-state index is 11.8. The molecule has 2 rings (SSSR count). The van der Waals surface area contributed by atoms with Gasteiger partial charge in [-0.2, -0.15) is 0 Å². The summed E-state index contributed by atoms with van der Waals surface area (Å²) in [5.74, 6) is 0.594. The van der Waals surface area contributed by atoms with Crippen molar-refractivity contribution in [1.82, 2.24) is 4.90 Å². The summed E-state index contributed by atoms with van der Waals surface area (Å²) in [7, 11) is 0. The fourth-order valence-electron chi connectivity index (χ4n) is 1.86. The SMILES string of the molecule is CC(=O)CC(=O)N1CCOc2ccccc2C1. The molecule has 0 aliphatic carbocycles. The average molecular weight is 233 g/mol. The third-order valence-electron chi connectivity index (χ3n) is 2.71. The van der Waals surface area contributed by atoms with Crippen molar-refractivity contribution in [3.05, 3.63) is 29.8 Å². The van der Waals surface area contributed by atoms with Gasteiger partial charge in [-0.1, -0.05) is 18.2 Å². The van der Waals surface area contributed by atoms with Gasteiger partial charge in [0.2, 0.25) is 5.91 Å². The molecule has 0 N–H and O–H groups in total. The molecule has 1 amide bonds. The summed E-state index contributed by atoms with van der Waals surface area (Å²) in [5, 5.41) is 0. The van der Waals surface area contributed by atoms with E-state index >= 15 is 0 Å². The van der Waals surface area contributed by atoms with Crippen LogP contribution >= 0.6 is 0 Å². The maximum atomic E-state index is 11.8. The number of fused-ring (bicyclic) bond motifs is 1. The molecule has 1 aromatic rings. The number of carbonyl (C=O) groups excluding carboxylic acids is 2. The van der Waals surface area contributed by atoms with Crippen LogP contribution in [0.3, 0.4) is 0 Å². The number of amides is 1. The van der Waals surface area contributed by atoms with Crippen LogP contribution in [0, 0.1) is 0 Å². The van der Waals surface area contributed by atoms with E-state index in [4.69, 9.17) is 4.74 Å². The van der Waals surface area contributed by atoms with Crippen molar-refractivity contribution < 1.29 is 14.3 Å². The molecule has 0 fully saturated rings. The molecule has 0 bridgehead atoms. The van der Waals surface area contributed by atoms with Crippen molar-refractivity contribution in [2.24, 2.45) is 0 Å². The van der Waals surface area contributed by atoms with Gasteiger partial charge in [0.05, 0.1) is 13.0 Å². The fourth-order valence-corrected chi connectivity index (χ4v) is 1.86. The minimum atomic E-state index is -0.127. The lowest BCUT2D eigenvalue weighted by atomic mass is 10.2. The minimum absolute atomic E-state index is 0.0256. The normalized spacial score (nSPS) is 14.5. The molecule has 0 spiro atoms. The van der Waals surface area contributed by atoms with Crippen LogP contribution < -0.4 is 4.74 Å². The van der Waals surface area contributed by atoms with Gasteiger partial charge in [0.25, 0.3) is 0 Å². The van der Waals surface area contributed by atoms with E-state index in [2.05, 4.69) is 0 Å². The van der Waals surface area contributed by atoms with Crippen LogP contribution in [-0.4, -0.2) is 29.7 Å². The van der Waals surface area contributed by atoms with Crippen LogP contribution in [0.1, 0.15) is 18.9 Å². The largest absolute Gasteiger partial charge is 0.491 e. The Morgan fingerprint density at radius 3 is 2.88 bits per heavy atom. The van der Waals surface area contributed by atoms with Crippen LogP contribution in [0.5, 0.6) is 5.75 Å². The van der Waals surface area contributed by atoms with Gasteiger partial charge in [-0.3, -0.25) is 9.59 Å². The van der Waals surface area contributed by atoms with Gasteiger partial charge in [0, 0.05) is 12.1 Å². The molecule has 1 aliphatic heterocycles. The summed E-state index contributed by atoms with van der Waals surface area (Å²) >= 11 is 0. The Hall–Kier alpha value is -1.84. The van der Waals surface area contributed by atoms with Crippen LogP contribution in [0.15, 0.2) is 24.3 Å². The first-order valence-corrected chi connectivity index (χ1v) is 5.65. The zero-order valence-electron chi connectivity index (χ0n) is 9.81. The number of Topliss-reactive ketones (excluding diaryl/α,β-unsaturated/α-hetero) is 1. The Labute approximate surface area is 100 Å². The third-order valence-corrected chi connectivity index (χ3v) is 2.71. The van der Waals surface area contributed by atoms with E-state index in [-0.39, 0.29) is 18.1 Å². The highest BCUT2D eigenvalue weighted by molar-refractivity contribution is 5.96. The van der Waals surface area contributed by atoms with Gasteiger partial charge in [-0.25, -0.2) is 0 Å². The highest BCUT2D eigenvalue weighted by Gasteiger charge is 2.20. The molecule has 4 heteroatoms. The van der Waals surface area contributed by atoms with Gasteiger partial charge < -0.3 is 9.64 Å². The lowest BCUT2D eigenvalue weighted by Crippen LogP contribution is -2.33. The number of ether oxygens (including phenoxy) is 1. The van der Waals surface area contributed by atoms with Gasteiger partial charge >= 0.3 is 0 Å². The van der Waals surface area contributed by atoms with E-state index in [1.54, 1.807) is 4.90 Å². The molecule has 1 heterocycles. The topological polar surface area (TPSA) is 46.6 Å². The number of para-hydroxylation sites is 1. The quantitative estimate of drug-likeness (QED) is 0.725. The molecule has 0 saturated heterocycles. The number of rotatable bonds is 2. The number of carbonyl (C=O) groups is 2. The fraction of sp³-hybridized carbons (Fsp3) is 0.385. The molecule has 4 nitrogen and oxygen atoms in total. The third kappa shape index (κ3) is 2.84. The molecular weight excluding hydrogens is 218 g/mol. The zero-order chi connectivity index (χ0) is 12.3. The lowest BCUT2D eigenvalue weighted by molar-refractivity contribution is -0.135. The summed E-state index contributed by atoms with van der Waals surface area (Å²) in [6.45, 7) is 2.95. The first-order valence-electron chi connectivity index (χ1n) is 5.65. The standard InChI is InChI=1S/C13H15NO3/c1-10(15)8-13(16)14-6-7-17-12-5-3-2-4-11(12)9-14/h2-5H,6-9H2,1H3. The first kappa shape index (κ1) is 11.6. The van der Waals surface area contributed by atoms with Gasteiger partial charge in [-0.15, -0.1) is 0 Å². The van der Waals surface area contributed by atoms with Crippen molar-refractivity contribution in [2.45, 2.75) is 19.9 Å². The summed E-state index contributed by atoms with van der Waals surface area (Å²) in [6, 6.07) is 7.66. The molecule has 0 unspecified atom stereocenters. The van der Waals surface area contributed by atoms with E-state index < -0.39 is 0 Å². The molecule has 17 heavy (non-hydrogen) atoms. The zero-order valence-corrected chi connectivity index (χ0v) is 9.81. The summed E-state index contributed by atoms with van der Waals surface area (Å²) in [4.78, 5) is 24.4. The Kier molecular flexibility index (Phi) is 3.42. The van der Waals surface area contributed by atoms with Crippen LogP contribution in [0.2, 0.25) is 0 Å². The maximum Gasteiger partial charge on any atom is 0.230 e. The summed E-state index contributed by atoms with van der Waals surface area (Å²) < 4.78 is 5.56. The van der Waals surface area contributed by atoms with Crippen molar-refractivity contribution in [1.29, 1.82) is 0 Å². The van der Waals surface area contributed by atoms with E-state index in [0.29, 0.717) is 19.7 Å². The molecule has 0 saturated carbocycles. The van der Waals surface area contributed by atoms with Crippen molar-refractivity contribution in [2.75, 3.05) is 13.2 Å². The van der Waals surface area contributed by atoms with Gasteiger partial charge in [0.1, 0.15) is 18.1 Å². The van der Waals surface area contributed by atoms with E-state index in [9.17, 15) is 9.59 Å². The highest BCUT2D eigenvalue weighted by Crippen LogP contribution is 2.22. The Bertz CT molecular complexity index is 442. The van der Waals surface area contributed by atoms with Crippen LogP contribution in [0.25, 0.3) is 0 Å². The second-order valence-electron chi connectivity index (χ2n) is 4.15. The molecule has 0 aromatic heterocycles. The number of hydrogen-bond acceptors (Lipinski definition) is 3. The van der Waals surface area contributed by atoms with Gasteiger partial charge in [0.15, 0.2) is 0 Å². The predicted molar refractivity (Wildman–Crippen MR) is 62.7 cm³/mol. The van der Waals surface area contributed by atoms with Crippen LogP contribution in [-0.2, 0) is 16.1 Å². The van der Waals surface area contributed by atoms with Gasteiger partial charge in [-0.05, 0) is 13.0 Å². The summed E-state index contributed by atoms with van der Waals surface area (Å²) in [6.07, 6.45) is -0.0256. The molecule has 1 aliphatic rings. The predicted octanol–water partition coefficient (Wildman–Crippen LogP) is 1.39. The number of benzene rings is 1. The number of ketones is 1. The minimum Gasteiger partial charge on any atom is -0.491 e. The van der Waals surface area contributed by atoms with Crippen molar-refractivity contribution in [3.8, 4) is 5.75 Å². The second-order valence-corrected chi connectivity index (χ2v) is 4.15.